The monoisotopic (exact) mass is 265 g/mol. The minimum absolute atomic E-state index is 0.0426. The van der Waals surface area contributed by atoms with Crippen molar-refractivity contribution in [2.24, 2.45) is 0 Å². The van der Waals surface area contributed by atoms with Crippen molar-refractivity contribution in [3.05, 3.63) is 33.3 Å². The first-order valence-electron chi connectivity index (χ1n) is 5.15. The molecule has 1 saturated carbocycles. The molecule has 1 spiro atoms. The van der Waals surface area contributed by atoms with Crippen molar-refractivity contribution < 1.29 is 4.79 Å². The highest BCUT2D eigenvalue weighted by molar-refractivity contribution is 9.10. The number of fused-ring (bicyclic) bond motifs is 2. The fraction of sp³-hybridized carbons (Fsp3) is 0.417. The number of amides is 1. The number of halogens is 1. The Hall–Kier alpha value is -0.830. The summed E-state index contributed by atoms with van der Waals surface area (Å²) in [7, 11) is 1.92. The van der Waals surface area contributed by atoms with E-state index in [1.54, 1.807) is 0 Å². The molecule has 0 atom stereocenters. The van der Waals surface area contributed by atoms with Gasteiger partial charge in [0, 0.05) is 17.1 Å². The number of nitrogens with zero attached hydrogens (tertiary/aromatic N) is 1. The molecule has 1 heterocycles. The summed E-state index contributed by atoms with van der Waals surface area (Å²) in [5.41, 5.74) is 3.28. The van der Waals surface area contributed by atoms with Gasteiger partial charge in [-0.2, -0.15) is 0 Å². The van der Waals surface area contributed by atoms with Crippen molar-refractivity contribution in [1.29, 1.82) is 0 Å². The van der Waals surface area contributed by atoms with Crippen LogP contribution in [0.1, 0.15) is 34.3 Å². The van der Waals surface area contributed by atoms with Crippen LogP contribution in [-0.4, -0.2) is 17.9 Å². The molecule has 0 N–H and O–H groups in total. The molecule has 2 nitrogen and oxygen atoms in total. The average Bonchev–Trinajstić information content (AvgIpc) is 2.91. The minimum Gasteiger partial charge on any atom is -0.332 e. The molecule has 3 heteroatoms. The summed E-state index contributed by atoms with van der Waals surface area (Å²) in [5.74, 6) is 0.188. The van der Waals surface area contributed by atoms with Crippen LogP contribution in [0.15, 0.2) is 16.6 Å². The van der Waals surface area contributed by atoms with Gasteiger partial charge >= 0.3 is 0 Å². The summed E-state index contributed by atoms with van der Waals surface area (Å²) in [6, 6.07) is 4.13. The minimum atomic E-state index is 0.0426. The third-order valence-corrected chi connectivity index (χ3v) is 4.14. The van der Waals surface area contributed by atoms with Gasteiger partial charge < -0.3 is 4.90 Å². The van der Waals surface area contributed by atoms with Gasteiger partial charge in [-0.25, -0.2) is 0 Å². The second kappa shape index (κ2) is 2.64. The summed E-state index contributed by atoms with van der Waals surface area (Å²) < 4.78 is 1.08. The number of aryl methyl sites for hydroxylation is 1. The van der Waals surface area contributed by atoms with E-state index in [2.05, 4.69) is 22.0 Å². The molecule has 1 aliphatic carbocycles. The molecule has 1 aliphatic heterocycles. The standard InChI is InChI=1S/C12H12BrNO/c1-7-5-8(13)6-9-10(7)11(15)14(2)12(9)3-4-12/h5-6H,3-4H2,1-2H3. The van der Waals surface area contributed by atoms with Gasteiger partial charge in [-0.1, -0.05) is 15.9 Å². The van der Waals surface area contributed by atoms with Crippen LogP contribution in [0.4, 0.5) is 0 Å². The predicted molar refractivity (Wildman–Crippen MR) is 61.9 cm³/mol. The lowest BCUT2D eigenvalue weighted by molar-refractivity contribution is 0.0755. The van der Waals surface area contributed by atoms with Crippen LogP contribution in [0.3, 0.4) is 0 Å². The summed E-state index contributed by atoms with van der Waals surface area (Å²) >= 11 is 3.51. The smallest absolute Gasteiger partial charge is 0.254 e. The Morgan fingerprint density at radius 1 is 1.40 bits per heavy atom. The van der Waals surface area contributed by atoms with E-state index in [-0.39, 0.29) is 11.4 Å². The van der Waals surface area contributed by atoms with E-state index < -0.39 is 0 Å². The van der Waals surface area contributed by atoms with Crippen LogP contribution < -0.4 is 0 Å². The highest BCUT2D eigenvalue weighted by atomic mass is 79.9. The van der Waals surface area contributed by atoms with Gasteiger partial charge in [0.15, 0.2) is 0 Å². The quantitative estimate of drug-likeness (QED) is 0.707. The molecule has 1 amide bonds. The fourth-order valence-corrected chi connectivity index (χ4v) is 3.23. The van der Waals surface area contributed by atoms with Crippen molar-refractivity contribution >= 4 is 21.8 Å². The average molecular weight is 266 g/mol. The van der Waals surface area contributed by atoms with Gasteiger partial charge in [0.1, 0.15) is 0 Å². The van der Waals surface area contributed by atoms with Crippen molar-refractivity contribution in [2.75, 3.05) is 7.05 Å². The summed E-state index contributed by atoms with van der Waals surface area (Å²) in [4.78, 5) is 14.0. The Balaban J connectivity index is 2.32. The highest BCUT2D eigenvalue weighted by Gasteiger charge is 2.56. The zero-order valence-electron chi connectivity index (χ0n) is 8.80. The molecule has 1 fully saturated rings. The summed E-state index contributed by atoms with van der Waals surface area (Å²) in [6.45, 7) is 2.01. The lowest BCUT2D eigenvalue weighted by atomic mass is 9.99. The van der Waals surface area contributed by atoms with E-state index in [1.807, 2.05) is 24.9 Å². The number of benzene rings is 1. The maximum absolute atomic E-state index is 12.1. The van der Waals surface area contributed by atoms with Crippen LogP contribution >= 0.6 is 15.9 Å². The lowest BCUT2D eigenvalue weighted by Crippen LogP contribution is -2.28. The van der Waals surface area contributed by atoms with E-state index >= 15 is 0 Å². The van der Waals surface area contributed by atoms with Crippen molar-refractivity contribution in [3.63, 3.8) is 0 Å². The van der Waals surface area contributed by atoms with Crippen LogP contribution in [0.5, 0.6) is 0 Å². The first-order valence-corrected chi connectivity index (χ1v) is 5.94. The number of carbonyl (C=O) groups is 1. The van der Waals surface area contributed by atoms with Crippen molar-refractivity contribution in [1.82, 2.24) is 4.90 Å². The van der Waals surface area contributed by atoms with E-state index in [0.29, 0.717) is 0 Å². The number of hydrogen-bond acceptors (Lipinski definition) is 1. The third kappa shape index (κ3) is 1.02. The van der Waals surface area contributed by atoms with Gasteiger partial charge in [-0.3, -0.25) is 4.79 Å². The van der Waals surface area contributed by atoms with E-state index in [0.717, 1.165) is 28.4 Å². The van der Waals surface area contributed by atoms with Gasteiger partial charge in [0.2, 0.25) is 0 Å². The largest absolute Gasteiger partial charge is 0.332 e. The molecule has 0 unspecified atom stereocenters. The normalized spacial score (nSPS) is 21.0. The van der Waals surface area contributed by atoms with E-state index in [1.165, 1.54) is 5.56 Å². The molecule has 0 aromatic heterocycles. The Bertz CT molecular complexity index is 477. The summed E-state index contributed by atoms with van der Waals surface area (Å²) in [6.07, 6.45) is 2.22. The number of carbonyl (C=O) groups excluding carboxylic acids is 1. The molecule has 0 bridgehead atoms. The first-order chi connectivity index (χ1) is 7.06. The molecule has 1 aromatic rings. The molecule has 15 heavy (non-hydrogen) atoms. The molecular formula is C12H12BrNO. The van der Waals surface area contributed by atoms with E-state index in [9.17, 15) is 4.79 Å². The molecule has 78 valence electrons. The first kappa shape index (κ1) is 9.40. The Morgan fingerprint density at radius 3 is 2.67 bits per heavy atom. The zero-order valence-corrected chi connectivity index (χ0v) is 10.4. The molecule has 2 aliphatic rings. The summed E-state index contributed by atoms with van der Waals surface area (Å²) in [5, 5.41) is 0. The SMILES string of the molecule is Cc1cc(Br)cc2c1C(=O)N(C)C21CC1. The fourth-order valence-electron chi connectivity index (χ4n) is 2.66. The van der Waals surface area contributed by atoms with Gasteiger partial charge in [0.05, 0.1) is 5.54 Å². The van der Waals surface area contributed by atoms with Crippen molar-refractivity contribution in [2.45, 2.75) is 25.3 Å². The van der Waals surface area contributed by atoms with Crippen LogP contribution in [0, 0.1) is 6.92 Å². The topological polar surface area (TPSA) is 20.3 Å². The maximum atomic E-state index is 12.1. The molecule has 3 rings (SSSR count). The lowest BCUT2D eigenvalue weighted by Gasteiger charge is -2.19. The second-order valence-corrected chi connectivity index (χ2v) is 5.46. The maximum Gasteiger partial charge on any atom is 0.254 e. The predicted octanol–water partition coefficient (Wildman–Crippen LogP) is 2.83. The molecule has 1 aromatic carbocycles. The van der Waals surface area contributed by atoms with Gasteiger partial charge in [-0.05, 0) is 43.0 Å². The number of hydrogen-bond donors (Lipinski definition) is 0. The van der Waals surface area contributed by atoms with Crippen LogP contribution in [0.25, 0.3) is 0 Å². The van der Waals surface area contributed by atoms with Crippen LogP contribution in [0.2, 0.25) is 0 Å². The Kier molecular flexibility index (Phi) is 1.66. The van der Waals surface area contributed by atoms with Gasteiger partial charge in [-0.15, -0.1) is 0 Å². The van der Waals surface area contributed by atoms with Crippen molar-refractivity contribution in [3.8, 4) is 0 Å². The zero-order chi connectivity index (χ0) is 10.8. The highest BCUT2D eigenvalue weighted by Crippen LogP contribution is 2.56. The third-order valence-electron chi connectivity index (χ3n) is 3.69. The Labute approximate surface area is 97.4 Å². The molecular weight excluding hydrogens is 254 g/mol. The molecule has 0 radical (unpaired) electrons. The number of rotatable bonds is 0. The van der Waals surface area contributed by atoms with Gasteiger partial charge in [0.25, 0.3) is 5.91 Å². The van der Waals surface area contributed by atoms with E-state index in [4.69, 9.17) is 0 Å². The van der Waals surface area contributed by atoms with Crippen LogP contribution in [-0.2, 0) is 5.54 Å². The molecule has 0 saturated heterocycles. The Morgan fingerprint density at radius 2 is 2.07 bits per heavy atom. The second-order valence-electron chi connectivity index (χ2n) is 4.54.